The maximum Gasteiger partial charge on any atom is 0.315 e. The second kappa shape index (κ2) is 4.55. The lowest BCUT2D eigenvalue weighted by atomic mass is 10.1. The second-order valence-corrected chi connectivity index (χ2v) is 3.53. The van der Waals surface area contributed by atoms with Crippen molar-refractivity contribution in [1.82, 2.24) is 4.90 Å². The summed E-state index contributed by atoms with van der Waals surface area (Å²) in [6.45, 7) is -0.311. The zero-order valence-electron chi connectivity index (χ0n) is 8.46. The number of hydrogen-bond donors (Lipinski definition) is 0. The molecule has 86 valence electrons. The molecule has 0 unspecified atom stereocenters. The van der Waals surface area contributed by atoms with Crippen molar-refractivity contribution < 1.29 is 23.1 Å². The number of nitrogens with zero attached hydrogens (tertiary/aromatic N) is 1. The predicted octanol–water partition coefficient (Wildman–Crippen LogP) is 0.807. The highest BCUT2D eigenvalue weighted by atomic mass is 19.3. The van der Waals surface area contributed by atoms with Gasteiger partial charge in [-0.3, -0.25) is 9.59 Å². The third-order valence-electron chi connectivity index (χ3n) is 2.27. The van der Waals surface area contributed by atoms with Crippen LogP contribution in [0.25, 0.3) is 0 Å². The van der Waals surface area contributed by atoms with Gasteiger partial charge in [0.05, 0.1) is 13.7 Å². The van der Waals surface area contributed by atoms with Gasteiger partial charge in [-0.05, 0) is 6.42 Å². The first-order chi connectivity index (χ1) is 6.94. The Balaban J connectivity index is 2.49. The molecule has 0 aromatic heterocycles. The molecular weight excluding hydrogens is 208 g/mol. The van der Waals surface area contributed by atoms with Crippen molar-refractivity contribution >= 4 is 11.9 Å². The van der Waals surface area contributed by atoms with E-state index in [0.29, 0.717) is 0 Å². The topological polar surface area (TPSA) is 46.6 Å². The first-order valence-electron chi connectivity index (χ1n) is 4.67. The Kier molecular flexibility index (Phi) is 3.60. The molecule has 0 saturated carbocycles. The summed E-state index contributed by atoms with van der Waals surface area (Å²) in [6.07, 6.45) is -0.401. The Morgan fingerprint density at radius 2 is 2.13 bits per heavy atom. The molecule has 1 fully saturated rings. The van der Waals surface area contributed by atoms with Gasteiger partial charge in [0.1, 0.15) is 6.42 Å². The predicted molar refractivity (Wildman–Crippen MR) is 47.4 cm³/mol. The SMILES string of the molecule is COC(=O)CC(=O)N1CCCC(F)(F)C1. The number of hydrogen-bond acceptors (Lipinski definition) is 3. The maximum atomic E-state index is 12.9. The fourth-order valence-corrected chi connectivity index (χ4v) is 1.49. The van der Waals surface area contributed by atoms with E-state index in [1.54, 1.807) is 0 Å². The van der Waals surface area contributed by atoms with Crippen LogP contribution in [0.4, 0.5) is 8.78 Å². The highest BCUT2D eigenvalue weighted by Crippen LogP contribution is 2.26. The molecule has 1 amide bonds. The Morgan fingerprint density at radius 3 is 2.67 bits per heavy atom. The number of methoxy groups -OCH3 is 1. The van der Waals surface area contributed by atoms with Crippen molar-refractivity contribution in [2.24, 2.45) is 0 Å². The van der Waals surface area contributed by atoms with Gasteiger partial charge in [0, 0.05) is 13.0 Å². The van der Waals surface area contributed by atoms with E-state index >= 15 is 0 Å². The maximum absolute atomic E-state index is 12.9. The van der Waals surface area contributed by atoms with Crippen molar-refractivity contribution in [3.05, 3.63) is 0 Å². The molecule has 0 N–H and O–H groups in total. The number of piperidine rings is 1. The van der Waals surface area contributed by atoms with Crippen LogP contribution in [0.15, 0.2) is 0 Å². The van der Waals surface area contributed by atoms with Gasteiger partial charge in [-0.25, -0.2) is 8.78 Å². The molecule has 0 bridgehead atoms. The Labute approximate surface area is 86.2 Å². The van der Waals surface area contributed by atoms with Gasteiger partial charge in [-0.2, -0.15) is 0 Å². The van der Waals surface area contributed by atoms with Gasteiger partial charge in [-0.15, -0.1) is 0 Å². The molecule has 15 heavy (non-hydrogen) atoms. The van der Waals surface area contributed by atoms with Crippen LogP contribution in [-0.2, 0) is 14.3 Å². The van der Waals surface area contributed by atoms with E-state index in [0.717, 1.165) is 12.0 Å². The van der Waals surface area contributed by atoms with Crippen molar-refractivity contribution in [1.29, 1.82) is 0 Å². The fraction of sp³-hybridized carbons (Fsp3) is 0.778. The van der Waals surface area contributed by atoms with E-state index in [2.05, 4.69) is 4.74 Å². The lowest BCUT2D eigenvalue weighted by Gasteiger charge is -2.32. The van der Waals surface area contributed by atoms with Crippen molar-refractivity contribution in [2.45, 2.75) is 25.2 Å². The summed E-state index contributed by atoms with van der Waals surface area (Å²) in [5.74, 6) is -4.13. The van der Waals surface area contributed by atoms with Gasteiger partial charge in [0.25, 0.3) is 5.92 Å². The number of carbonyl (C=O) groups excluding carboxylic acids is 2. The zero-order valence-corrected chi connectivity index (χ0v) is 8.46. The molecule has 6 heteroatoms. The summed E-state index contributed by atoms with van der Waals surface area (Å²) in [5, 5.41) is 0. The van der Waals surface area contributed by atoms with E-state index < -0.39 is 30.8 Å². The summed E-state index contributed by atoms with van der Waals surface area (Å²) in [7, 11) is 1.15. The molecule has 0 aromatic rings. The third kappa shape index (κ3) is 3.45. The molecule has 1 saturated heterocycles. The van der Waals surface area contributed by atoms with E-state index in [-0.39, 0.29) is 19.4 Å². The number of likely N-dealkylation sites (tertiary alicyclic amines) is 1. The number of carbonyl (C=O) groups is 2. The molecule has 0 spiro atoms. The summed E-state index contributed by atoms with van der Waals surface area (Å²) in [4.78, 5) is 23.1. The van der Waals surface area contributed by atoms with Crippen LogP contribution in [0.3, 0.4) is 0 Å². The lowest BCUT2D eigenvalue weighted by molar-refractivity contribution is -0.151. The van der Waals surface area contributed by atoms with Crippen LogP contribution in [0.1, 0.15) is 19.3 Å². The number of esters is 1. The third-order valence-corrected chi connectivity index (χ3v) is 2.27. The lowest BCUT2D eigenvalue weighted by Crippen LogP contribution is -2.46. The molecule has 1 aliphatic heterocycles. The second-order valence-electron chi connectivity index (χ2n) is 3.53. The molecule has 0 aromatic carbocycles. The van der Waals surface area contributed by atoms with Crippen molar-refractivity contribution in [3.63, 3.8) is 0 Å². The van der Waals surface area contributed by atoms with E-state index in [4.69, 9.17) is 0 Å². The first-order valence-corrected chi connectivity index (χ1v) is 4.67. The van der Waals surface area contributed by atoms with E-state index in [9.17, 15) is 18.4 Å². The van der Waals surface area contributed by atoms with Crippen LogP contribution in [-0.4, -0.2) is 42.9 Å². The highest BCUT2D eigenvalue weighted by molar-refractivity contribution is 5.94. The fourth-order valence-electron chi connectivity index (χ4n) is 1.49. The van der Waals surface area contributed by atoms with Gasteiger partial charge in [0.15, 0.2) is 0 Å². The van der Waals surface area contributed by atoms with E-state index in [1.165, 1.54) is 0 Å². The number of rotatable bonds is 2. The normalized spacial score (nSPS) is 19.8. The van der Waals surface area contributed by atoms with Crippen molar-refractivity contribution in [2.75, 3.05) is 20.2 Å². The Morgan fingerprint density at radius 1 is 1.47 bits per heavy atom. The molecule has 4 nitrogen and oxygen atoms in total. The standard InChI is InChI=1S/C9H13F2NO3/c1-15-8(14)5-7(13)12-4-2-3-9(10,11)6-12/h2-6H2,1H3. The molecule has 1 aliphatic rings. The molecule has 0 atom stereocenters. The number of amides is 1. The molecule has 0 aliphatic carbocycles. The summed E-state index contributed by atoms with van der Waals surface area (Å²) >= 11 is 0. The smallest absolute Gasteiger partial charge is 0.315 e. The Bertz CT molecular complexity index is 268. The minimum atomic E-state index is -2.83. The number of alkyl halides is 2. The first kappa shape index (κ1) is 11.9. The minimum absolute atomic E-state index is 0.199. The largest absolute Gasteiger partial charge is 0.469 e. The summed E-state index contributed by atoms with van der Waals surface area (Å²) < 4.78 is 30.1. The average Bonchev–Trinajstić information content (AvgIpc) is 2.16. The van der Waals surface area contributed by atoms with Crippen LogP contribution in [0, 0.1) is 0 Å². The average molecular weight is 221 g/mol. The van der Waals surface area contributed by atoms with Crippen molar-refractivity contribution in [3.8, 4) is 0 Å². The summed E-state index contributed by atoms with van der Waals surface area (Å²) in [5.41, 5.74) is 0. The van der Waals surface area contributed by atoms with E-state index in [1.807, 2.05) is 0 Å². The van der Waals surface area contributed by atoms with Crippen LogP contribution in [0.2, 0.25) is 0 Å². The Hall–Kier alpha value is -1.20. The van der Waals surface area contributed by atoms with Crippen LogP contribution in [0.5, 0.6) is 0 Å². The van der Waals surface area contributed by atoms with Gasteiger partial charge in [-0.1, -0.05) is 0 Å². The van der Waals surface area contributed by atoms with Gasteiger partial charge < -0.3 is 9.64 Å². The van der Waals surface area contributed by atoms with Gasteiger partial charge >= 0.3 is 5.97 Å². The molecule has 1 heterocycles. The summed E-state index contributed by atoms with van der Waals surface area (Å²) in [6, 6.07) is 0. The van der Waals surface area contributed by atoms with Crippen LogP contribution < -0.4 is 0 Å². The number of halogens is 2. The molecule has 0 radical (unpaired) electrons. The van der Waals surface area contributed by atoms with Crippen LogP contribution >= 0.6 is 0 Å². The quantitative estimate of drug-likeness (QED) is 0.512. The minimum Gasteiger partial charge on any atom is -0.469 e. The highest BCUT2D eigenvalue weighted by Gasteiger charge is 2.37. The monoisotopic (exact) mass is 221 g/mol. The number of ether oxygens (including phenoxy) is 1. The zero-order chi connectivity index (χ0) is 11.5. The molecular formula is C9H13F2NO3. The molecule has 1 rings (SSSR count). The van der Waals surface area contributed by atoms with Gasteiger partial charge in [0.2, 0.25) is 5.91 Å².